The topological polar surface area (TPSA) is 49.3 Å². The van der Waals surface area contributed by atoms with Gasteiger partial charge < -0.3 is 10.4 Å². The molecule has 0 atom stereocenters. The van der Waals surface area contributed by atoms with E-state index in [1.807, 2.05) is 0 Å². The van der Waals surface area contributed by atoms with Crippen LogP contribution in [0.3, 0.4) is 0 Å². The van der Waals surface area contributed by atoms with E-state index in [4.69, 9.17) is 0 Å². The Morgan fingerprint density at radius 1 is 1.26 bits per heavy atom. The van der Waals surface area contributed by atoms with E-state index in [2.05, 4.69) is 5.32 Å². The van der Waals surface area contributed by atoms with E-state index >= 15 is 0 Å². The largest absolute Gasteiger partial charge is 0.388 e. The molecule has 0 fully saturated rings. The molecule has 0 aliphatic rings. The number of carbonyl (C=O) groups excluding carboxylic acids is 1. The highest BCUT2D eigenvalue weighted by atomic mass is 19.1. The molecule has 0 saturated carbocycles. The molecular formula is C15H20FNO2. The third-order valence-electron chi connectivity index (χ3n) is 3.28. The summed E-state index contributed by atoms with van der Waals surface area (Å²) < 4.78 is 13.3. The Balaban J connectivity index is 2.74. The van der Waals surface area contributed by atoms with E-state index in [9.17, 15) is 14.3 Å². The van der Waals surface area contributed by atoms with Crippen LogP contribution in [-0.4, -0.2) is 22.2 Å². The first-order valence-corrected chi connectivity index (χ1v) is 6.10. The molecule has 1 rings (SSSR count). The van der Waals surface area contributed by atoms with Crippen molar-refractivity contribution in [3.63, 3.8) is 0 Å². The van der Waals surface area contributed by atoms with E-state index in [-0.39, 0.29) is 11.7 Å². The van der Waals surface area contributed by atoms with Gasteiger partial charge in [-0.25, -0.2) is 4.39 Å². The van der Waals surface area contributed by atoms with Gasteiger partial charge in [-0.3, -0.25) is 4.79 Å². The van der Waals surface area contributed by atoms with Gasteiger partial charge in [-0.15, -0.1) is 0 Å². The van der Waals surface area contributed by atoms with Gasteiger partial charge in [0.05, 0.1) is 11.1 Å². The van der Waals surface area contributed by atoms with Crippen LogP contribution < -0.4 is 5.32 Å². The van der Waals surface area contributed by atoms with Crippen LogP contribution in [0.15, 0.2) is 30.3 Å². The van der Waals surface area contributed by atoms with Crippen molar-refractivity contribution in [2.45, 2.75) is 38.8 Å². The maximum Gasteiger partial charge on any atom is 0.244 e. The molecule has 1 aromatic carbocycles. The standard InChI is InChI=1S/C15H20FNO2/c1-14(2,15(3,4)19)17-13(18)10-9-11-7-5-6-8-12(11)16/h5-10,19H,1-4H3,(H,17,18)/b10-9+. The van der Waals surface area contributed by atoms with Crippen molar-refractivity contribution in [1.82, 2.24) is 5.32 Å². The molecule has 0 aliphatic carbocycles. The zero-order valence-corrected chi connectivity index (χ0v) is 11.7. The number of hydrogen-bond donors (Lipinski definition) is 2. The van der Waals surface area contributed by atoms with E-state index in [0.29, 0.717) is 5.56 Å². The molecule has 1 amide bonds. The monoisotopic (exact) mass is 265 g/mol. The lowest BCUT2D eigenvalue weighted by Gasteiger charge is -2.37. The van der Waals surface area contributed by atoms with Crippen LogP contribution in [-0.2, 0) is 4.79 Å². The molecule has 0 saturated heterocycles. The number of aliphatic hydroxyl groups is 1. The lowest BCUT2D eigenvalue weighted by atomic mass is 9.86. The lowest BCUT2D eigenvalue weighted by Crippen LogP contribution is -2.57. The van der Waals surface area contributed by atoms with Crippen molar-refractivity contribution < 1.29 is 14.3 Å². The van der Waals surface area contributed by atoms with E-state index in [1.54, 1.807) is 45.9 Å². The van der Waals surface area contributed by atoms with Gasteiger partial charge in [0.25, 0.3) is 0 Å². The lowest BCUT2D eigenvalue weighted by molar-refractivity contribution is -0.121. The molecular weight excluding hydrogens is 245 g/mol. The van der Waals surface area contributed by atoms with Gasteiger partial charge in [-0.2, -0.15) is 0 Å². The second-order valence-electron chi connectivity index (χ2n) is 5.53. The summed E-state index contributed by atoms with van der Waals surface area (Å²) in [5.74, 6) is -0.760. The summed E-state index contributed by atoms with van der Waals surface area (Å²) in [4.78, 5) is 11.8. The second-order valence-corrected chi connectivity index (χ2v) is 5.53. The third-order valence-corrected chi connectivity index (χ3v) is 3.28. The molecule has 0 aliphatic heterocycles. The first-order chi connectivity index (χ1) is 8.63. The first-order valence-electron chi connectivity index (χ1n) is 6.10. The van der Waals surface area contributed by atoms with Crippen LogP contribution in [0.4, 0.5) is 4.39 Å². The van der Waals surface area contributed by atoms with Gasteiger partial charge >= 0.3 is 0 Å². The number of halogens is 1. The molecule has 2 N–H and O–H groups in total. The Morgan fingerprint density at radius 2 is 1.84 bits per heavy atom. The smallest absolute Gasteiger partial charge is 0.244 e. The van der Waals surface area contributed by atoms with Crippen LogP contribution in [0.2, 0.25) is 0 Å². The molecule has 19 heavy (non-hydrogen) atoms. The van der Waals surface area contributed by atoms with Gasteiger partial charge in [-0.05, 0) is 39.8 Å². The number of benzene rings is 1. The zero-order chi connectivity index (χ0) is 14.7. The van der Waals surface area contributed by atoms with Crippen molar-refractivity contribution in [3.8, 4) is 0 Å². The van der Waals surface area contributed by atoms with Crippen molar-refractivity contribution in [1.29, 1.82) is 0 Å². The minimum absolute atomic E-state index is 0.346. The van der Waals surface area contributed by atoms with E-state index in [1.165, 1.54) is 18.2 Å². The molecule has 0 spiro atoms. The van der Waals surface area contributed by atoms with Crippen molar-refractivity contribution in [2.24, 2.45) is 0 Å². The molecule has 0 unspecified atom stereocenters. The van der Waals surface area contributed by atoms with E-state index < -0.39 is 11.1 Å². The maximum atomic E-state index is 13.3. The predicted molar refractivity (Wildman–Crippen MR) is 74.0 cm³/mol. The Morgan fingerprint density at radius 3 is 2.37 bits per heavy atom. The average Bonchev–Trinajstić information content (AvgIpc) is 2.26. The summed E-state index contributed by atoms with van der Waals surface area (Å²) in [5, 5.41) is 12.6. The van der Waals surface area contributed by atoms with Gasteiger partial charge in [0, 0.05) is 11.6 Å². The third kappa shape index (κ3) is 4.17. The summed E-state index contributed by atoms with van der Waals surface area (Å²) >= 11 is 0. The Kier molecular flexibility index (Phi) is 4.48. The SMILES string of the molecule is CC(C)(O)C(C)(C)NC(=O)/C=C/c1ccccc1F. The van der Waals surface area contributed by atoms with Crippen LogP contribution in [0, 0.1) is 5.82 Å². The van der Waals surface area contributed by atoms with Gasteiger partial charge in [0.1, 0.15) is 5.82 Å². The summed E-state index contributed by atoms with van der Waals surface area (Å²) in [6, 6.07) is 6.20. The summed E-state index contributed by atoms with van der Waals surface area (Å²) in [6.07, 6.45) is 2.66. The minimum atomic E-state index is -1.06. The summed E-state index contributed by atoms with van der Waals surface area (Å²) in [6.45, 7) is 6.69. The molecule has 0 bridgehead atoms. The maximum absolute atomic E-state index is 13.3. The fraction of sp³-hybridized carbons (Fsp3) is 0.400. The van der Waals surface area contributed by atoms with Crippen molar-refractivity contribution >= 4 is 12.0 Å². The number of amides is 1. The predicted octanol–water partition coefficient (Wildman–Crippen LogP) is 2.50. The normalized spacial score (nSPS) is 12.7. The highest BCUT2D eigenvalue weighted by molar-refractivity contribution is 5.92. The summed E-state index contributed by atoms with van der Waals surface area (Å²) in [5.41, 5.74) is -1.50. The average molecular weight is 265 g/mol. The van der Waals surface area contributed by atoms with Crippen molar-refractivity contribution in [2.75, 3.05) is 0 Å². The number of nitrogens with one attached hydrogen (secondary N) is 1. The van der Waals surface area contributed by atoms with Crippen LogP contribution in [0.5, 0.6) is 0 Å². The molecule has 0 aromatic heterocycles. The highest BCUT2D eigenvalue weighted by Gasteiger charge is 2.35. The van der Waals surface area contributed by atoms with Gasteiger partial charge in [0.15, 0.2) is 0 Å². The molecule has 0 heterocycles. The fourth-order valence-corrected chi connectivity index (χ4v) is 1.28. The number of rotatable bonds is 4. The highest BCUT2D eigenvalue weighted by Crippen LogP contribution is 2.20. The van der Waals surface area contributed by atoms with Gasteiger partial charge in [-0.1, -0.05) is 18.2 Å². The molecule has 1 aromatic rings. The van der Waals surface area contributed by atoms with E-state index in [0.717, 1.165) is 0 Å². The van der Waals surface area contributed by atoms with Crippen molar-refractivity contribution in [3.05, 3.63) is 41.7 Å². The zero-order valence-electron chi connectivity index (χ0n) is 11.7. The molecule has 0 radical (unpaired) electrons. The minimum Gasteiger partial charge on any atom is -0.388 e. The Labute approximate surface area is 113 Å². The first kappa shape index (κ1) is 15.4. The number of carbonyl (C=O) groups is 1. The Bertz CT molecular complexity index is 487. The molecule has 3 nitrogen and oxygen atoms in total. The van der Waals surface area contributed by atoms with Crippen LogP contribution in [0.1, 0.15) is 33.3 Å². The van der Waals surface area contributed by atoms with Crippen LogP contribution in [0.25, 0.3) is 6.08 Å². The molecule has 104 valence electrons. The number of hydrogen-bond acceptors (Lipinski definition) is 2. The van der Waals surface area contributed by atoms with Gasteiger partial charge in [0.2, 0.25) is 5.91 Å². The molecule has 4 heteroatoms. The fourth-order valence-electron chi connectivity index (χ4n) is 1.28. The van der Waals surface area contributed by atoms with Crippen LogP contribution >= 0.6 is 0 Å². The Hall–Kier alpha value is -1.68. The second kappa shape index (κ2) is 5.53. The quantitative estimate of drug-likeness (QED) is 0.822. The summed E-state index contributed by atoms with van der Waals surface area (Å²) in [7, 11) is 0.